The predicted octanol–water partition coefficient (Wildman–Crippen LogP) is 6.19. The molecule has 1 heterocycles. The van der Waals surface area contributed by atoms with Crippen LogP contribution < -0.4 is 5.43 Å². The minimum atomic E-state index is -0.454. The molecule has 1 aromatic heterocycles. The van der Waals surface area contributed by atoms with Crippen molar-refractivity contribution in [2.24, 2.45) is 5.10 Å². The van der Waals surface area contributed by atoms with E-state index in [1.54, 1.807) is 41.8 Å². The number of carbonyl (C=O) groups is 1. The van der Waals surface area contributed by atoms with Crippen molar-refractivity contribution in [3.63, 3.8) is 0 Å². The molecule has 132 valence electrons. The summed E-state index contributed by atoms with van der Waals surface area (Å²) < 4.78 is 4.24. The van der Waals surface area contributed by atoms with Crippen LogP contribution >= 0.6 is 57.9 Å². The van der Waals surface area contributed by atoms with Crippen LogP contribution in [0.3, 0.4) is 0 Å². The zero-order valence-corrected chi connectivity index (χ0v) is 16.7. The van der Waals surface area contributed by atoms with E-state index in [0.29, 0.717) is 42.5 Å². The molecule has 0 atom stereocenters. The summed E-state index contributed by atoms with van der Waals surface area (Å²) in [4.78, 5) is 12.5. The largest absolute Gasteiger partial charge is 0.274 e. The number of aromatic nitrogens is 1. The second-order valence-electron chi connectivity index (χ2n) is 5.01. The lowest BCUT2D eigenvalue weighted by molar-refractivity contribution is 0.0956. The van der Waals surface area contributed by atoms with Gasteiger partial charge in [0.2, 0.25) is 0 Å². The van der Waals surface area contributed by atoms with Crippen molar-refractivity contribution in [3.05, 3.63) is 73.0 Å². The SMILES string of the molecule is O=C(N/N=C/c1c(Cl)cccc1Cl)c1csnc1-c1c(Cl)cccc1Cl. The van der Waals surface area contributed by atoms with Gasteiger partial charge in [-0.05, 0) is 35.8 Å². The van der Waals surface area contributed by atoms with Gasteiger partial charge in [-0.3, -0.25) is 4.79 Å². The van der Waals surface area contributed by atoms with Crippen molar-refractivity contribution in [3.8, 4) is 11.3 Å². The Labute approximate surface area is 173 Å². The van der Waals surface area contributed by atoms with Gasteiger partial charge in [0.25, 0.3) is 5.91 Å². The van der Waals surface area contributed by atoms with E-state index in [1.807, 2.05) is 0 Å². The highest BCUT2D eigenvalue weighted by Crippen LogP contribution is 2.36. The Balaban J connectivity index is 1.85. The minimum absolute atomic E-state index is 0.312. The molecule has 9 heteroatoms. The van der Waals surface area contributed by atoms with E-state index in [9.17, 15) is 4.79 Å². The maximum absolute atomic E-state index is 12.5. The normalized spacial score (nSPS) is 11.1. The highest BCUT2D eigenvalue weighted by Gasteiger charge is 2.20. The molecular weight excluding hydrogens is 436 g/mol. The number of nitrogens with one attached hydrogen (secondary N) is 1. The van der Waals surface area contributed by atoms with E-state index in [4.69, 9.17) is 46.4 Å². The number of hydrogen-bond donors (Lipinski definition) is 1. The first kappa shape index (κ1) is 19.1. The van der Waals surface area contributed by atoms with Crippen molar-refractivity contribution in [1.82, 2.24) is 9.80 Å². The highest BCUT2D eigenvalue weighted by atomic mass is 35.5. The summed E-state index contributed by atoms with van der Waals surface area (Å²) in [5, 5.41) is 7.18. The van der Waals surface area contributed by atoms with E-state index in [0.717, 1.165) is 11.5 Å². The van der Waals surface area contributed by atoms with E-state index in [2.05, 4.69) is 14.9 Å². The van der Waals surface area contributed by atoms with Gasteiger partial charge in [0, 0.05) is 16.5 Å². The molecule has 1 amide bonds. The lowest BCUT2D eigenvalue weighted by Gasteiger charge is -2.06. The first-order valence-corrected chi connectivity index (χ1v) is 9.50. The first-order valence-electron chi connectivity index (χ1n) is 7.15. The quantitative estimate of drug-likeness (QED) is 0.385. The molecule has 0 bridgehead atoms. The van der Waals surface area contributed by atoms with Crippen molar-refractivity contribution < 1.29 is 4.79 Å². The number of benzene rings is 2. The standard InChI is InChI=1S/C17H9Cl4N3OS/c18-11-3-1-4-12(19)9(11)7-22-23-17(25)10-8-26-24-16(10)15-13(20)5-2-6-14(15)21/h1-8H,(H,23,25)/b22-7+. The summed E-state index contributed by atoms with van der Waals surface area (Å²) in [6, 6.07) is 10.2. The third-order valence-electron chi connectivity index (χ3n) is 3.37. The van der Waals surface area contributed by atoms with Crippen molar-refractivity contribution >= 4 is 70.1 Å². The maximum atomic E-state index is 12.5. The van der Waals surface area contributed by atoms with Crippen LogP contribution in [-0.2, 0) is 0 Å². The summed E-state index contributed by atoms with van der Waals surface area (Å²) in [6.45, 7) is 0. The lowest BCUT2D eigenvalue weighted by atomic mass is 10.1. The van der Waals surface area contributed by atoms with Gasteiger partial charge in [-0.2, -0.15) is 9.47 Å². The molecule has 0 fully saturated rings. The molecule has 3 rings (SSSR count). The highest BCUT2D eigenvalue weighted by molar-refractivity contribution is 7.04. The molecule has 0 saturated carbocycles. The number of halogens is 4. The third-order valence-corrected chi connectivity index (χ3v) is 5.29. The van der Waals surface area contributed by atoms with Crippen molar-refractivity contribution in [1.29, 1.82) is 0 Å². The molecule has 0 unspecified atom stereocenters. The summed E-state index contributed by atoms with van der Waals surface area (Å²) in [5.41, 5.74) is 4.15. The molecule has 0 radical (unpaired) electrons. The van der Waals surface area contributed by atoms with Gasteiger partial charge in [0.05, 0.1) is 37.6 Å². The fourth-order valence-corrected chi connectivity index (χ4v) is 3.90. The van der Waals surface area contributed by atoms with E-state index in [-0.39, 0.29) is 0 Å². The Hall–Kier alpha value is -1.63. The molecule has 3 aromatic rings. The maximum Gasteiger partial charge on any atom is 0.274 e. The predicted molar refractivity (Wildman–Crippen MR) is 109 cm³/mol. The van der Waals surface area contributed by atoms with Gasteiger partial charge >= 0.3 is 0 Å². The summed E-state index contributed by atoms with van der Waals surface area (Å²) in [7, 11) is 0. The molecule has 4 nitrogen and oxygen atoms in total. The van der Waals surface area contributed by atoms with Crippen molar-refractivity contribution in [2.45, 2.75) is 0 Å². The topological polar surface area (TPSA) is 54.4 Å². The number of hydrogen-bond acceptors (Lipinski definition) is 4. The average molecular weight is 445 g/mol. The first-order chi connectivity index (χ1) is 12.5. The molecule has 0 saturated heterocycles. The Kier molecular flexibility index (Phi) is 6.16. The van der Waals surface area contributed by atoms with Crippen LogP contribution in [0.2, 0.25) is 20.1 Å². The van der Waals surface area contributed by atoms with E-state index in [1.165, 1.54) is 6.21 Å². The van der Waals surface area contributed by atoms with Gasteiger partial charge < -0.3 is 0 Å². The van der Waals surface area contributed by atoms with E-state index < -0.39 is 5.91 Å². The second kappa shape index (κ2) is 8.37. The monoisotopic (exact) mass is 443 g/mol. The van der Waals surface area contributed by atoms with Crippen LogP contribution in [0.25, 0.3) is 11.3 Å². The molecular formula is C17H9Cl4N3OS. The molecule has 0 aliphatic rings. The number of nitrogens with zero attached hydrogens (tertiary/aromatic N) is 2. The van der Waals surface area contributed by atoms with Crippen LogP contribution in [0.4, 0.5) is 0 Å². The summed E-state index contributed by atoms with van der Waals surface area (Å²) >= 11 is 25.6. The Morgan fingerprint density at radius 1 is 1.00 bits per heavy atom. The molecule has 0 aliphatic carbocycles. The third kappa shape index (κ3) is 4.03. The zero-order chi connectivity index (χ0) is 18.7. The molecule has 0 aliphatic heterocycles. The van der Waals surface area contributed by atoms with Crippen LogP contribution in [0.15, 0.2) is 46.9 Å². The van der Waals surface area contributed by atoms with Gasteiger partial charge in [-0.1, -0.05) is 58.5 Å². The smallest absolute Gasteiger partial charge is 0.267 e. The number of rotatable bonds is 4. The number of amides is 1. The van der Waals surface area contributed by atoms with Crippen LogP contribution in [0, 0.1) is 0 Å². The summed E-state index contributed by atoms with van der Waals surface area (Å²) in [6.07, 6.45) is 1.38. The van der Waals surface area contributed by atoms with Gasteiger partial charge in [0.15, 0.2) is 0 Å². The lowest BCUT2D eigenvalue weighted by Crippen LogP contribution is -2.18. The summed E-state index contributed by atoms with van der Waals surface area (Å²) in [5.74, 6) is -0.454. The average Bonchev–Trinajstić information content (AvgIpc) is 3.06. The Bertz CT molecular complexity index is 963. The molecule has 1 N–H and O–H groups in total. The molecule has 0 spiro atoms. The fraction of sp³-hybridized carbons (Fsp3) is 0. The zero-order valence-electron chi connectivity index (χ0n) is 12.8. The molecule has 2 aromatic carbocycles. The van der Waals surface area contributed by atoms with Crippen LogP contribution in [0.1, 0.15) is 15.9 Å². The number of hydrazone groups is 1. The van der Waals surface area contributed by atoms with Gasteiger partial charge in [-0.25, -0.2) is 5.43 Å². The van der Waals surface area contributed by atoms with Crippen molar-refractivity contribution in [2.75, 3.05) is 0 Å². The Morgan fingerprint density at radius 3 is 2.19 bits per heavy atom. The molecule has 26 heavy (non-hydrogen) atoms. The fourth-order valence-electron chi connectivity index (χ4n) is 2.15. The van der Waals surface area contributed by atoms with Gasteiger partial charge in [-0.15, -0.1) is 0 Å². The van der Waals surface area contributed by atoms with E-state index >= 15 is 0 Å². The number of carbonyl (C=O) groups excluding carboxylic acids is 1. The Morgan fingerprint density at radius 2 is 1.58 bits per heavy atom. The second-order valence-corrected chi connectivity index (χ2v) is 7.27. The van der Waals surface area contributed by atoms with Crippen LogP contribution in [0.5, 0.6) is 0 Å². The minimum Gasteiger partial charge on any atom is -0.267 e. The van der Waals surface area contributed by atoms with Gasteiger partial charge in [0.1, 0.15) is 0 Å². The van der Waals surface area contributed by atoms with Crippen LogP contribution in [-0.4, -0.2) is 16.5 Å².